The number of ether oxygens (including phenoxy) is 6. The van der Waals surface area contributed by atoms with E-state index in [0.717, 1.165) is 51.4 Å². The topological polar surface area (TPSA) is 237 Å². The molecular formula is C49H82O15. The van der Waals surface area contributed by atoms with Crippen molar-refractivity contribution in [3.63, 3.8) is 0 Å². The molecule has 21 atom stereocenters. The Morgan fingerprint density at radius 2 is 1.33 bits per heavy atom. The molecule has 368 valence electrons. The Hall–Kier alpha value is -1.12. The first-order valence-electron chi connectivity index (χ1n) is 24.3. The summed E-state index contributed by atoms with van der Waals surface area (Å²) in [4.78, 5) is 0. The van der Waals surface area contributed by atoms with E-state index in [1.165, 1.54) is 5.57 Å². The normalized spacial score (nSPS) is 48.0. The summed E-state index contributed by atoms with van der Waals surface area (Å²) >= 11 is 0. The van der Waals surface area contributed by atoms with Crippen LogP contribution in [-0.2, 0) is 28.4 Å². The minimum atomic E-state index is -1.45. The second-order valence-electron chi connectivity index (χ2n) is 22.5. The van der Waals surface area contributed by atoms with Gasteiger partial charge >= 0.3 is 0 Å². The Morgan fingerprint density at radius 1 is 0.766 bits per heavy atom. The highest BCUT2D eigenvalue weighted by Crippen LogP contribution is 2.75. The maximum atomic E-state index is 11.6. The number of aliphatic hydroxyl groups is 9. The molecule has 0 amide bonds. The molecule has 0 aromatic rings. The smallest absolute Gasteiger partial charge is 0.187 e. The number of fused-ring (bicyclic) bond motifs is 5. The lowest BCUT2D eigenvalue weighted by molar-refractivity contribution is -0.355. The van der Waals surface area contributed by atoms with Crippen molar-refractivity contribution in [2.75, 3.05) is 19.8 Å². The van der Waals surface area contributed by atoms with Gasteiger partial charge in [0.15, 0.2) is 18.9 Å². The number of rotatable bonds is 15. The largest absolute Gasteiger partial charge is 0.394 e. The third-order valence-electron chi connectivity index (χ3n) is 18.1. The van der Waals surface area contributed by atoms with Gasteiger partial charge in [0.05, 0.1) is 74.3 Å². The Labute approximate surface area is 380 Å². The number of hydrogen-bond donors (Lipinski definition) is 9. The van der Waals surface area contributed by atoms with E-state index in [-0.39, 0.29) is 66.2 Å². The molecule has 6 fully saturated rings. The third-order valence-corrected chi connectivity index (χ3v) is 18.1. The zero-order valence-corrected chi connectivity index (χ0v) is 39.3. The molecule has 0 aromatic heterocycles. The lowest BCUT2D eigenvalue weighted by atomic mass is 9.38. The Kier molecular flexibility index (Phi) is 15.3. The van der Waals surface area contributed by atoms with Crippen LogP contribution in [0.25, 0.3) is 0 Å². The van der Waals surface area contributed by atoms with Gasteiger partial charge < -0.3 is 74.4 Å². The molecule has 15 nitrogen and oxygen atoms in total. The van der Waals surface area contributed by atoms with Crippen molar-refractivity contribution >= 4 is 0 Å². The van der Waals surface area contributed by atoms with Crippen LogP contribution in [0, 0.1) is 45.3 Å². The summed E-state index contributed by atoms with van der Waals surface area (Å²) < 4.78 is 36.9. The molecule has 7 rings (SSSR count). The second-order valence-corrected chi connectivity index (χ2v) is 22.5. The van der Waals surface area contributed by atoms with Crippen molar-refractivity contribution in [3.05, 3.63) is 24.3 Å². The first-order valence-corrected chi connectivity index (χ1v) is 24.3. The molecule has 0 aromatic carbocycles. The minimum absolute atomic E-state index is 0.0131. The van der Waals surface area contributed by atoms with E-state index >= 15 is 0 Å². The van der Waals surface area contributed by atoms with Gasteiger partial charge in [-0.15, -0.1) is 6.58 Å². The van der Waals surface area contributed by atoms with Crippen LogP contribution in [0.15, 0.2) is 24.3 Å². The minimum Gasteiger partial charge on any atom is -0.394 e. The molecule has 15 heteroatoms. The van der Waals surface area contributed by atoms with Crippen LogP contribution in [0.1, 0.15) is 126 Å². The van der Waals surface area contributed by atoms with E-state index in [0.29, 0.717) is 24.2 Å². The molecule has 3 saturated heterocycles. The van der Waals surface area contributed by atoms with Crippen LogP contribution in [0.4, 0.5) is 0 Å². The fourth-order valence-electron chi connectivity index (χ4n) is 14.2. The summed E-state index contributed by atoms with van der Waals surface area (Å²) in [6.07, 6.45) is -1.01. The van der Waals surface area contributed by atoms with Gasteiger partial charge in [0, 0.05) is 24.7 Å². The first kappa shape index (κ1) is 50.7. The fourth-order valence-corrected chi connectivity index (χ4v) is 14.2. The van der Waals surface area contributed by atoms with Crippen LogP contribution < -0.4 is 0 Å². The van der Waals surface area contributed by atoms with Gasteiger partial charge in [-0.05, 0) is 112 Å². The highest BCUT2D eigenvalue weighted by atomic mass is 16.8. The molecule has 7 aliphatic rings. The van der Waals surface area contributed by atoms with Gasteiger partial charge in [-0.3, -0.25) is 0 Å². The highest BCUT2D eigenvalue weighted by molar-refractivity contribution is 5.32. The molecular weight excluding hydrogens is 829 g/mol. The lowest BCUT2D eigenvalue weighted by Gasteiger charge is -2.66. The van der Waals surface area contributed by atoms with Crippen molar-refractivity contribution in [2.24, 2.45) is 45.3 Å². The average molecular weight is 911 g/mol. The highest BCUT2D eigenvalue weighted by Gasteiger charge is 2.68. The van der Waals surface area contributed by atoms with Crippen LogP contribution in [0.5, 0.6) is 0 Å². The van der Waals surface area contributed by atoms with Gasteiger partial charge in [-0.1, -0.05) is 52.3 Å². The monoisotopic (exact) mass is 911 g/mol. The number of allylic oxidation sites excluding steroid dienone is 2. The van der Waals surface area contributed by atoms with Crippen LogP contribution in [0.3, 0.4) is 0 Å². The maximum absolute atomic E-state index is 11.6. The van der Waals surface area contributed by atoms with E-state index in [9.17, 15) is 46.0 Å². The summed E-state index contributed by atoms with van der Waals surface area (Å²) in [5.74, 6) is 1.37. The zero-order valence-electron chi connectivity index (χ0n) is 39.3. The molecule has 5 unspecified atom stereocenters. The molecule has 4 aliphatic carbocycles. The van der Waals surface area contributed by atoms with Gasteiger partial charge in [-0.2, -0.15) is 0 Å². The second kappa shape index (κ2) is 19.3. The molecule has 64 heavy (non-hydrogen) atoms. The summed E-state index contributed by atoms with van der Waals surface area (Å²) in [7, 11) is 0. The fraction of sp³-hybridized carbons (Fsp3) is 0.918. The number of hydrogen-bond acceptors (Lipinski definition) is 15. The van der Waals surface area contributed by atoms with Crippen molar-refractivity contribution in [2.45, 2.75) is 217 Å². The quantitative estimate of drug-likeness (QED) is 0.107. The third kappa shape index (κ3) is 9.10. The molecule has 0 bridgehead atoms. The van der Waals surface area contributed by atoms with Crippen molar-refractivity contribution < 1.29 is 74.4 Å². The van der Waals surface area contributed by atoms with Gasteiger partial charge in [-0.25, -0.2) is 0 Å². The summed E-state index contributed by atoms with van der Waals surface area (Å²) in [5.41, 5.74) is -0.362. The summed E-state index contributed by atoms with van der Waals surface area (Å²) in [6, 6.07) is 0. The Morgan fingerprint density at radius 3 is 1.89 bits per heavy atom. The Bertz CT molecular complexity index is 1620. The van der Waals surface area contributed by atoms with Crippen LogP contribution >= 0.6 is 0 Å². The summed E-state index contributed by atoms with van der Waals surface area (Å²) in [6.45, 7) is 18.7. The maximum Gasteiger partial charge on any atom is 0.187 e. The SMILES string of the molecule is C=C[C@@]12CCC([C@H](C)CC[C@@H](O[C@@H]3O[C@H](CO)C[C@H](O)C3O[C@@H]3OC(CO)C[C@H](O)[C@H]3O)C(C)(C)O)[C@@]1(C)CC[C@@]1(C)C3CC[C@H](O[C@@H]4O[C@H](CO)C[C@H](O)[C@H]4O)C(C)(C)C3=CCC12. The summed E-state index contributed by atoms with van der Waals surface area (Å²) in [5, 5.41) is 94.8. The van der Waals surface area contributed by atoms with E-state index in [1.807, 2.05) is 0 Å². The molecule has 0 spiro atoms. The van der Waals surface area contributed by atoms with Crippen molar-refractivity contribution in [3.8, 4) is 0 Å². The lowest BCUT2D eigenvalue weighted by Crippen LogP contribution is -2.60. The molecule has 9 N–H and O–H groups in total. The van der Waals surface area contributed by atoms with Gasteiger partial charge in [0.1, 0.15) is 18.3 Å². The van der Waals surface area contributed by atoms with E-state index in [1.54, 1.807) is 13.8 Å². The standard InChI is InChI=1S/C49H82O15/c1-9-49-17-16-30(26(2)10-14-38(46(5,6)58)63-44-41(35(55)22-29(25-52)61-44)64-43-40(57)34(54)21-28(24-51)60-43)48(49,8)19-18-47(7)32-12-15-37(45(3,4)31(32)11-13-36(47)49)62-42-39(56)33(53)20-27(23-50)59-42/h9,11,26-30,32-44,50-58H,1,10,12-25H2,2-8H3/t26-,27+,28?,29+,30?,32?,33+,34+,35+,36?,37+,38-,39-,40-,41?,42+,43+,44+,47+,48-,49+/m1/s1. The van der Waals surface area contributed by atoms with Crippen LogP contribution in [-0.4, -0.2) is 157 Å². The predicted octanol–water partition coefficient (Wildman–Crippen LogP) is 3.23. The predicted molar refractivity (Wildman–Crippen MR) is 234 cm³/mol. The van der Waals surface area contributed by atoms with Crippen molar-refractivity contribution in [1.82, 2.24) is 0 Å². The van der Waals surface area contributed by atoms with E-state index in [2.05, 4.69) is 53.3 Å². The molecule has 3 heterocycles. The van der Waals surface area contributed by atoms with Gasteiger partial charge in [0.2, 0.25) is 0 Å². The van der Waals surface area contributed by atoms with Gasteiger partial charge in [0.25, 0.3) is 0 Å². The van der Waals surface area contributed by atoms with E-state index < -0.39 is 92.1 Å². The molecule has 3 aliphatic heterocycles. The van der Waals surface area contributed by atoms with Crippen molar-refractivity contribution in [1.29, 1.82) is 0 Å². The molecule has 3 saturated carbocycles. The van der Waals surface area contributed by atoms with Crippen LogP contribution in [0.2, 0.25) is 0 Å². The molecule has 0 radical (unpaired) electrons. The number of aliphatic hydroxyl groups excluding tert-OH is 8. The Balaban J connectivity index is 1.05. The zero-order chi connectivity index (χ0) is 46.7. The average Bonchev–Trinajstić information content (AvgIpc) is 3.56. The first-order chi connectivity index (χ1) is 30.1. The van der Waals surface area contributed by atoms with E-state index in [4.69, 9.17) is 28.4 Å².